The molecular formula is C25H38O8S3. The lowest BCUT2D eigenvalue weighted by Crippen LogP contribution is -2.39. The van der Waals surface area contributed by atoms with Crippen molar-refractivity contribution in [1.82, 2.24) is 0 Å². The lowest BCUT2D eigenvalue weighted by molar-refractivity contribution is -0.161. The van der Waals surface area contributed by atoms with Crippen LogP contribution in [0.1, 0.15) is 53.4 Å². The number of hydrogen-bond acceptors (Lipinski definition) is 11. The highest BCUT2D eigenvalue weighted by molar-refractivity contribution is 8.00. The van der Waals surface area contributed by atoms with Crippen molar-refractivity contribution in [2.24, 2.45) is 5.41 Å². The van der Waals surface area contributed by atoms with E-state index < -0.39 is 17.4 Å². The third-order valence-electron chi connectivity index (χ3n) is 5.07. The SMILES string of the molecule is CCC(COC(=O)CCS)(COC(=O)CCSc1cccc(O)c1O)COC(=O)CCSC(C)(C)C. The molecule has 0 bridgehead atoms. The summed E-state index contributed by atoms with van der Waals surface area (Å²) >= 11 is 6.91. The van der Waals surface area contributed by atoms with Gasteiger partial charge in [0.1, 0.15) is 19.8 Å². The third kappa shape index (κ3) is 13.0. The molecule has 2 N–H and O–H groups in total. The summed E-state index contributed by atoms with van der Waals surface area (Å²) in [7, 11) is 0. The third-order valence-corrected chi connectivity index (χ3v) is 7.61. The van der Waals surface area contributed by atoms with E-state index in [1.807, 2.05) is 6.92 Å². The molecule has 1 aromatic rings. The van der Waals surface area contributed by atoms with Crippen LogP contribution in [0.2, 0.25) is 0 Å². The van der Waals surface area contributed by atoms with Gasteiger partial charge in [0.15, 0.2) is 11.5 Å². The van der Waals surface area contributed by atoms with Gasteiger partial charge in [-0.3, -0.25) is 14.4 Å². The van der Waals surface area contributed by atoms with E-state index in [2.05, 4.69) is 33.4 Å². The maximum Gasteiger partial charge on any atom is 0.306 e. The highest BCUT2D eigenvalue weighted by Gasteiger charge is 2.34. The normalized spacial score (nSPS) is 13.0. The van der Waals surface area contributed by atoms with E-state index in [4.69, 9.17) is 14.2 Å². The van der Waals surface area contributed by atoms with Gasteiger partial charge in [0.05, 0.1) is 29.6 Å². The van der Waals surface area contributed by atoms with Crippen LogP contribution < -0.4 is 0 Å². The monoisotopic (exact) mass is 562 g/mol. The van der Waals surface area contributed by atoms with Crippen molar-refractivity contribution < 1.29 is 38.8 Å². The average molecular weight is 563 g/mol. The van der Waals surface area contributed by atoms with Crippen LogP contribution in [-0.4, -0.2) is 69.9 Å². The maximum atomic E-state index is 12.4. The minimum absolute atomic E-state index is 0.0424. The van der Waals surface area contributed by atoms with E-state index >= 15 is 0 Å². The molecule has 1 unspecified atom stereocenters. The van der Waals surface area contributed by atoms with Crippen LogP contribution in [0.4, 0.5) is 0 Å². The fourth-order valence-electron chi connectivity index (χ4n) is 2.75. The van der Waals surface area contributed by atoms with Gasteiger partial charge >= 0.3 is 17.9 Å². The fourth-order valence-corrected chi connectivity index (χ4v) is 4.72. The second kappa shape index (κ2) is 16.2. The first-order chi connectivity index (χ1) is 16.9. The first-order valence-electron chi connectivity index (χ1n) is 11.8. The summed E-state index contributed by atoms with van der Waals surface area (Å²) in [5.74, 6) is -0.425. The Balaban J connectivity index is 2.67. The van der Waals surface area contributed by atoms with Gasteiger partial charge in [-0.1, -0.05) is 33.8 Å². The molecule has 0 amide bonds. The van der Waals surface area contributed by atoms with E-state index in [1.165, 1.54) is 17.8 Å². The number of carbonyl (C=O) groups excluding carboxylic acids is 3. The van der Waals surface area contributed by atoms with Crippen LogP contribution in [0, 0.1) is 5.41 Å². The Morgan fingerprint density at radius 3 is 1.92 bits per heavy atom. The van der Waals surface area contributed by atoms with E-state index in [9.17, 15) is 24.6 Å². The standard InChI is InChI=1S/C25H38O8S3/c1-5-25(15-31-20(27)9-12-34,17-33-22(29)11-14-36-24(2,3)4)16-32-21(28)10-13-35-19-8-6-7-18(26)23(19)30/h6-8,26,30,34H,5,9-17H2,1-4H3. The largest absolute Gasteiger partial charge is 0.504 e. The summed E-state index contributed by atoms with van der Waals surface area (Å²) < 4.78 is 16.4. The Bertz CT molecular complexity index is 856. The number of aromatic hydroxyl groups is 2. The summed E-state index contributed by atoms with van der Waals surface area (Å²) in [4.78, 5) is 37.1. The lowest BCUT2D eigenvalue weighted by Gasteiger charge is -2.31. The molecule has 0 heterocycles. The quantitative estimate of drug-likeness (QED) is 0.0848. The van der Waals surface area contributed by atoms with Gasteiger partial charge in [-0.2, -0.15) is 24.4 Å². The number of carbonyl (C=O) groups is 3. The Morgan fingerprint density at radius 1 is 0.889 bits per heavy atom. The second-order valence-corrected chi connectivity index (χ2v) is 12.7. The van der Waals surface area contributed by atoms with Crippen molar-refractivity contribution in [3.63, 3.8) is 0 Å². The van der Waals surface area contributed by atoms with Gasteiger partial charge in [-0.05, 0) is 18.6 Å². The molecule has 0 aliphatic carbocycles. The van der Waals surface area contributed by atoms with Crippen molar-refractivity contribution >= 4 is 54.1 Å². The van der Waals surface area contributed by atoms with Gasteiger partial charge < -0.3 is 24.4 Å². The van der Waals surface area contributed by atoms with Gasteiger partial charge in [-0.25, -0.2) is 0 Å². The van der Waals surface area contributed by atoms with Crippen molar-refractivity contribution in [1.29, 1.82) is 0 Å². The van der Waals surface area contributed by atoms with Crippen LogP contribution in [0.15, 0.2) is 23.1 Å². The molecule has 0 radical (unpaired) electrons. The number of rotatable bonds is 16. The topological polar surface area (TPSA) is 119 Å². The molecule has 0 aliphatic heterocycles. The van der Waals surface area contributed by atoms with E-state index in [1.54, 1.807) is 23.9 Å². The molecule has 0 saturated heterocycles. The molecular weight excluding hydrogens is 524 g/mol. The molecule has 0 fully saturated rings. The molecule has 0 aromatic heterocycles. The zero-order valence-electron chi connectivity index (χ0n) is 21.4. The highest BCUT2D eigenvalue weighted by Crippen LogP contribution is 2.35. The minimum atomic E-state index is -0.870. The van der Waals surface area contributed by atoms with Crippen molar-refractivity contribution in [3.05, 3.63) is 18.2 Å². The van der Waals surface area contributed by atoms with Crippen LogP contribution in [0.25, 0.3) is 0 Å². The molecule has 11 heteroatoms. The van der Waals surface area contributed by atoms with Crippen LogP contribution in [-0.2, 0) is 28.6 Å². The second-order valence-electron chi connectivity index (χ2n) is 9.24. The first kappa shape index (κ1) is 32.3. The molecule has 0 saturated carbocycles. The van der Waals surface area contributed by atoms with E-state index in [0.29, 0.717) is 28.6 Å². The number of thiol groups is 1. The Hall–Kier alpha value is -1.72. The zero-order chi connectivity index (χ0) is 27.2. The number of benzene rings is 1. The molecule has 204 valence electrons. The molecule has 1 rings (SSSR count). The number of phenols is 2. The van der Waals surface area contributed by atoms with Crippen LogP contribution >= 0.6 is 36.2 Å². The summed E-state index contributed by atoms with van der Waals surface area (Å²) in [6, 6.07) is 4.61. The van der Waals surface area contributed by atoms with Gasteiger partial charge in [0.25, 0.3) is 0 Å². The molecule has 8 nitrogen and oxygen atoms in total. The highest BCUT2D eigenvalue weighted by atomic mass is 32.2. The predicted octanol–water partition coefficient (Wildman–Crippen LogP) is 4.85. The number of hydrogen-bond donors (Lipinski definition) is 3. The zero-order valence-corrected chi connectivity index (χ0v) is 23.9. The Labute approximate surface area is 227 Å². The van der Waals surface area contributed by atoms with Gasteiger partial charge in [0.2, 0.25) is 0 Å². The van der Waals surface area contributed by atoms with Crippen molar-refractivity contribution in [2.45, 2.75) is 63.0 Å². The lowest BCUT2D eigenvalue weighted by atomic mass is 9.88. The van der Waals surface area contributed by atoms with E-state index in [0.717, 1.165) is 0 Å². The number of esters is 3. The summed E-state index contributed by atoms with van der Waals surface area (Å²) in [6.45, 7) is 7.89. The predicted molar refractivity (Wildman–Crippen MR) is 146 cm³/mol. The van der Waals surface area contributed by atoms with Crippen LogP contribution in [0.5, 0.6) is 11.5 Å². The molecule has 36 heavy (non-hydrogen) atoms. The number of ether oxygens (including phenoxy) is 3. The minimum Gasteiger partial charge on any atom is -0.504 e. The van der Waals surface area contributed by atoms with E-state index in [-0.39, 0.29) is 61.3 Å². The number of phenolic OH excluding ortho intramolecular Hbond substituents is 2. The first-order valence-corrected chi connectivity index (χ1v) is 14.4. The Kier molecular flexibility index (Phi) is 14.5. The average Bonchev–Trinajstić information content (AvgIpc) is 2.81. The molecule has 0 aliphatic rings. The molecule has 1 aromatic carbocycles. The van der Waals surface area contributed by atoms with Gasteiger partial charge in [0, 0.05) is 22.0 Å². The number of thioether (sulfide) groups is 2. The summed E-state index contributed by atoms with van der Waals surface area (Å²) in [5, 5.41) is 19.4. The summed E-state index contributed by atoms with van der Waals surface area (Å²) in [5.41, 5.74) is -0.870. The fraction of sp³-hybridized carbons (Fsp3) is 0.640. The number of para-hydroxylation sites is 1. The van der Waals surface area contributed by atoms with Crippen LogP contribution in [0.3, 0.4) is 0 Å². The molecule has 1 atom stereocenters. The summed E-state index contributed by atoms with van der Waals surface area (Å²) in [6.07, 6.45) is 0.902. The van der Waals surface area contributed by atoms with Crippen molar-refractivity contribution in [2.75, 3.05) is 37.1 Å². The van der Waals surface area contributed by atoms with Crippen molar-refractivity contribution in [3.8, 4) is 11.5 Å². The Morgan fingerprint density at radius 2 is 1.42 bits per heavy atom. The smallest absolute Gasteiger partial charge is 0.306 e. The van der Waals surface area contributed by atoms with Gasteiger partial charge in [-0.15, -0.1) is 11.8 Å². The molecule has 0 spiro atoms. The maximum absolute atomic E-state index is 12.4.